The molecule has 3 fully saturated rings. The van der Waals surface area contributed by atoms with Gasteiger partial charge >= 0.3 is 12.6 Å². The van der Waals surface area contributed by atoms with Crippen LogP contribution in [-0.2, 0) is 0 Å². The lowest BCUT2D eigenvalue weighted by Crippen LogP contribution is -2.50. The Morgan fingerprint density at radius 2 is 1.93 bits per heavy atom. The Morgan fingerprint density at radius 3 is 2.71 bits per heavy atom. The highest BCUT2D eigenvalue weighted by molar-refractivity contribution is 5.92. The van der Waals surface area contributed by atoms with E-state index in [1.54, 1.807) is 6.92 Å². The zero-order valence-electron chi connectivity index (χ0n) is 23.3. The summed E-state index contributed by atoms with van der Waals surface area (Å²) in [4.78, 5) is 29.6. The van der Waals surface area contributed by atoms with Gasteiger partial charge in [-0.05, 0) is 65.1 Å². The van der Waals surface area contributed by atoms with Crippen LogP contribution in [0.2, 0.25) is 0 Å². The minimum absolute atomic E-state index is 0.0192. The lowest BCUT2D eigenvalue weighted by atomic mass is 9.76. The number of ether oxygens (including phenoxy) is 1. The Hall–Kier alpha value is -3.25. The van der Waals surface area contributed by atoms with Gasteiger partial charge in [0.1, 0.15) is 17.0 Å². The van der Waals surface area contributed by atoms with Crippen LogP contribution in [-0.4, -0.2) is 74.5 Å². The third-order valence-corrected chi connectivity index (χ3v) is 9.11. The Balaban J connectivity index is 1.43. The largest absolute Gasteiger partial charge is 0.463 e. The van der Waals surface area contributed by atoms with E-state index in [1.807, 2.05) is 4.90 Å². The van der Waals surface area contributed by atoms with Gasteiger partial charge < -0.3 is 19.6 Å². The molecule has 41 heavy (non-hydrogen) atoms. The van der Waals surface area contributed by atoms with Gasteiger partial charge in [-0.15, -0.1) is 0 Å². The highest BCUT2D eigenvalue weighted by Gasteiger charge is 2.47. The number of hydrogen-bond acceptors (Lipinski definition) is 8. The molecule has 1 N–H and O–H groups in total. The quantitative estimate of drug-likeness (QED) is 0.465. The number of piperidine rings is 2. The molecule has 0 bridgehead atoms. The summed E-state index contributed by atoms with van der Waals surface area (Å²) in [5.74, 6) is -0.421. The van der Waals surface area contributed by atoms with Crippen LogP contribution in [0.4, 0.5) is 19.0 Å². The molecule has 0 spiro atoms. The molecule has 6 rings (SSSR count). The number of halogens is 3. The molecule has 220 valence electrons. The summed E-state index contributed by atoms with van der Waals surface area (Å²) in [7, 11) is 2.15. The summed E-state index contributed by atoms with van der Waals surface area (Å²) < 4.78 is 49.5. The summed E-state index contributed by atoms with van der Waals surface area (Å²) in [6, 6.07) is 2.66. The summed E-state index contributed by atoms with van der Waals surface area (Å²) in [6.07, 6.45) is 9.04. The molecular formula is C29H35F3N6O3. The lowest BCUT2D eigenvalue weighted by molar-refractivity contribution is 0.0132. The minimum atomic E-state index is -3.08. The fourth-order valence-corrected chi connectivity index (χ4v) is 7.11. The summed E-state index contributed by atoms with van der Waals surface area (Å²) in [6.45, 7) is 1.03. The number of aliphatic hydroxyl groups is 1. The van der Waals surface area contributed by atoms with Crippen molar-refractivity contribution in [2.45, 2.75) is 70.1 Å². The minimum Gasteiger partial charge on any atom is -0.463 e. The second-order valence-corrected chi connectivity index (χ2v) is 12.1. The molecule has 3 aliphatic rings. The van der Waals surface area contributed by atoms with Crippen molar-refractivity contribution in [1.82, 2.24) is 24.4 Å². The molecule has 3 unspecified atom stereocenters. The van der Waals surface area contributed by atoms with E-state index in [1.165, 1.54) is 12.3 Å². The monoisotopic (exact) mass is 572 g/mol. The third-order valence-electron chi connectivity index (χ3n) is 9.11. The molecule has 0 amide bonds. The summed E-state index contributed by atoms with van der Waals surface area (Å²) >= 11 is 0. The van der Waals surface area contributed by atoms with Crippen molar-refractivity contribution in [3.8, 4) is 17.3 Å². The molecule has 9 nitrogen and oxygen atoms in total. The molecule has 12 heteroatoms. The second kappa shape index (κ2) is 10.5. The average Bonchev–Trinajstić information content (AvgIpc) is 3.37. The lowest BCUT2D eigenvalue weighted by Gasteiger charge is -2.44. The number of pyridine rings is 2. The molecule has 2 aliphatic heterocycles. The van der Waals surface area contributed by atoms with Crippen LogP contribution in [0.1, 0.15) is 58.4 Å². The van der Waals surface area contributed by atoms with E-state index in [4.69, 9.17) is 9.72 Å². The number of nitrogens with zero attached hydrogens (tertiary/aromatic N) is 6. The van der Waals surface area contributed by atoms with Crippen LogP contribution in [0.3, 0.4) is 0 Å². The molecule has 0 radical (unpaired) electrons. The molecule has 3 aromatic rings. The number of β-amino-alcohol motifs (C(OH)–C–C–N with tert-alkyl or cyclic N) is 1. The van der Waals surface area contributed by atoms with E-state index in [0.29, 0.717) is 36.8 Å². The van der Waals surface area contributed by atoms with Crippen molar-refractivity contribution in [2.75, 3.05) is 38.2 Å². The molecule has 1 saturated carbocycles. The molecule has 3 atom stereocenters. The van der Waals surface area contributed by atoms with Crippen LogP contribution in [0, 0.1) is 11.2 Å². The molecular weight excluding hydrogens is 537 g/mol. The predicted molar refractivity (Wildman–Crippen MR) is 148 cm³/mol. The number of aromatic nitrogens is 4. The van der Waals surface area contributed by atoms with Crippen LogP contribution in [0.25, 0.3) is 22.2 Å². The Kier molecular flexibility index (Phi) is 7.17. The first-order chi connectivity index (χ1) is 19.6. The number of hydrogen-bond donors (Lipinski definition) is 1. The smallest absolute Gasteiger partial charge is 0.321 e. The van der Waals surface area contributed by atoms with Gasteiger partial charge in [-0.3, -0.25) is 14.3 Å². The molecule has 1 aliphatic carbocycles. The second-order valence-electron chi connectivity index (χ2n) is 12.1. The van der Waals surface area contributed by atoms with E-state index in [-0.39, 0.29) is 39.3 Å². The van der Waals surface area contributed by atoms with Gasteiger partial charge in [-0.1, -0.05) is 6.42 Å². The standard InChI is InChI=1S/C29H35F3N6O3/c1-28(40)9-4-13-37(16-28)25-19-14-33-23(18-7-8-21(39)38(15-18)26(31)32)22(30)24(19)34-27(35-25)41-17-29-10-3-6-20(29)36(2)12-5-11-29/h7-8,14-15,20,26,40H,3-6,9-13,16-17H2,1-2H3. The fraction of sp³-hybridized carbons (Fsp3) is 0.586. The highest BCUT2D eigenvalue weighted by atomic mass is 19.3. The van der Waals surface area contributed by atoms with Crippen molar-refractivity contribution in [3.05, 3.63) is 40.7 Å². The maximum Gasteiger partial charge on any atom is 0.321 e. The number of anilines is 1. The third kappa shape index (κ3) is 5.16. The maximum absolute atomic E-state index is 16.2. The topological polar surface area (TPSA) is 96.6 Å². The van der Waals surface area contributed by atoms with E-state index in [9.17, 15) is 18.7 Å². The van der Waals surface area contributed by atoms with Crippen molar-refractivity contribution in [2.24, 2.45) is 5.41 Å². The summed E-state index contributed by atoms with van der Waals surface area (Å²) in [5.41, 5.74) is -2.13. The van der Waals surface area contributed by atoms with E-state index < -0.39 is 23.5 Å². The van der Waals surface area contributed by atoms with Gasteiger partial charge in [-0.25, -0.2) is 4.39 Å². The molecule has 3 aromatic heterocycles. The maximum atomic E-state index is 16.2. The van der Waals surface area contributed by atoms with Crippen molar-refractivity contribution >= 4 is 16.7 Å². The number of rotatable bonds is 6. The van der Waals surface area contributed by atoms with Crippen molar-refractivity contribution in [1.29, 1.82) is 0 Å². The fourth-order valence-electron chi connectivity index (χ4n) is 7.11. The number of fused-ring (bicyclic) bond motifs is 2. The Morgan fingerprint density at radius 1 is 1.15 bits per heavy atom. The Bertz CT molecular complexity index is 1520. The number of likely N-dealkylation sites (tertiary alicyclic amines) is 1. The Labute approximate surface area is 236 Å². The van der Waals surface area contributed by atoms with E-state index in [2.05, 4.69) is 21.9 Å². The van der Waals surface area contributed by atoms with Gasteiger partial charge in [0.15, 0.2) is 5.82 Å². The van der Waals surface area contributed by atoms with Crippen LogP contribution >= 0.6 is 0 Å². The first kappa shape index (κ1) is 27.9. The molecule has 2 saturated heterocycles. The van der Waals surface area contributed by atoms with E-state index >= 15 is 4.39 Å². The normalized spacial score (nSPS) is 27.0. The van der Waals surface area contributed by atoms with Crippen LogP contribution < -0.4 is 15.2 Å². The summed E-state index contributed by atoms with van der Waals surface area (Å²) in [5, 5.41) is 11.1. The number of alkyl halides is 2. The first-order valence-electron chi connectivity index (χ1n) is 14.2. The zero-order valence-corrected chi connectivity index (χ0v) is 23.3. The zero-order chi connectivity index (χ0) is 28.9. The van der Waals surface area contributed by atoms with Crippen LogP contribution in [0.15, 0.2) is 29.3 Å². The molecule has 0 aromatic carbocycles. The van der Waals surface area contributed by atoms with Gasteiger partial charge in [0.05, 0.1) is 17.6 Å². The average molecular weight is 573 g/mol. The van der Waals surface area contributed by atoms with Gasteiger partial charge in [0, 0.05) is 48.6 Å². The molecule has 5 heterocycles. The van der Waals surface area contributed by atoms with Gasteiger partial charge in [0.25, 0.3) is 5.56 Å². The van der Waals surface area contributed by atoms with E-state index in [0.717, 1.165) is 57.3 Å². The predicted octanol–water partition coefficient (Wildman–Crippen LogP) is 4.38. The highest BCUT2D eigenvalue weighted by Crippen LogP contribution is 2.47. The van der Waals surface area contributed by atoms with Crippen molar-refractivity contribution < 1.29 is 23.0 Å². The SMILES string of the molecule is CN1CCCC2(COc3nc(N4CCCC(C)(O)C4)c4cnc(-c5ccc(=O)n(C(F)F)c5)c(F)c4n3)CCCC12. The van der Waals surface area contributed by atoms with Crippen LogP contribution in [0.5, 0.6) is 6.01 Å². The van der Waals surface area contributed by atoms with Gasteiger partial charge in [0.2, 0.25) is 0 Å². The van der Waals surface area contributed by atoms with Gasteiger partial charge in [-0.2, -0.15) is 18.7 Å². The first-order valence-corrected chi connectivity index (χ1v) is 14.2. The van der Waals surface area contributed by atoms with Crippen molar-refractivity contribution in [3.63, 3.8) is 0 Å².